The standard InChI is InChI=1S/C19H25Cl3O2Si/c1-2-3-18(25(20,21)22)17-11-9-16(10-12-17)15-7-4-14(5-8-15)6-13-19(23)24/h4-8,13,16-18H,2-3,9-12H2,1H3,(H,23,24)/b13-6+. The van der Waals surface area contributed by atoms with Crippen molar-refractivity contribution in [2.45, 2.75) is 56.9 Å². The molecule has 0 aliphatic heterocycles. The second-order valence-corrected chi connectivity index (χ2v) is 15.8. The van der Waals surface area contributed by atoms with Crippen molar-refractivity contribution >= 4 is 51.3 Å². The van der Waals surface area contributed by atoms with Gasteiger partial charge in [-0.2, -0.15) is 0 Å². The SMILES string of the molecule is CCCC(C1CCC(c2ccc(/C=C/C(=O)O)cc2)CC1)[Si](Cl)(Cl)Cl. The van der Waals surface area contributed by atoms with Gasteiger partial charge in [-0.05, 0) is 66.7 Å². The molecule has 0 saturated heterocycles. The van der Waals surface area contributed by atoms with E-state index in [9.17, 15) is 4.79 Å². The molecule has 0 aromatic heterocycles. The van der Waals surface area contributed by atoms with Crippen LogP contribution in [0.3, 0.4) is 0 Å². The van der Waals surface area contributed by atoms with Gasteiger partial charge in [0.25, 0.3) is 0 Å². The van der Waals surface area contributed by atoms with E-state index in [1.165, 1.54) is 5.56 Å². The maximum atomic E-state index is 10.6. The van der Waals surface area contributed by atoms with Gasteiger partial charge >= 0.3 is 12.0 Å². The van der Waals surface area contributed by atoms with Gasteiger partial charge in [0, 0.05) is 6.08 Å². The topological polar surface area (TPSA) is 37.3 Å². The van der Waals surface area contributed by atoms with E-state index < -0.39 is 12.0 Å². The van der Waals surface area contributed by atoms with Crippen molar-refractivity contribution in [2.24, 2.45) is 5.92 Å². The second-order valence-electron chi connectivity index (χ2n) is 6.89. The molecule has 1 atom stereocenters. The maximum Gasteiger partial charge on any atom is 0.344 e. The lowest BCUT2D eigenvalue weighted by molar-refractivity contribution is -0.131. The van der Waals surface area contributed by atoms with Gasteiger partial charge < -0.3 is 5.11 Å². The number of carboxylic acid groups (broad SMARTS) is 1. The van der Waals surface area contributed by atoms with E-state index in [4.69, 9.17) is 38.3 Å². The van der Waals surface area contributed by atoms with Gasteiger partial charge in [0.2, 0.25) is 0 Å². The number of halogens is 3. The zero-order valence-electron chi connectivity index (χ0n) is 14.4. The minimum absolute atomic E-state index is 0.270. The molecular weight excluding hydrogens is 395 g/mol. The van der Waals surface area contributed by atoms with E-state index in [0.29, 0.717) is 11.8 Å². The Morgan fingerprint density at radius 2 is 1.80 bits per heavy atom. The van der Waals surface area contributed by atoms with Gasteiger partial charge in [-0.25, -0.2) is 4.79 Å². The van der Waals surface area contributed by atoms with Crippen LogP contribution in [0.2, 0.25) is 5.54 Å². The van der Waals surface area contributed by atoms with Crippen LogP contribution in [0.4, 0.5) is 0 Å². The van der Waals surface area contributed by atoms with Gasteiger partial charge in [0.1, 0.15) is 0 Å². The normalized spacial score (nSPS) is 22.9. The van der Waals surface area contributed by atoms with Crippen LogP contribution >= 0.6 is 33.2 Å². The minimum Gasteiger partial charge on any atom is -0.478 e. The van der Waals surface area contributed by atoms with Crippen molar-refractivity contribution in [3.63, 3.8) is 0 Å². The number of carboxylic acids is 1. The van der Waals surface area contributed by atoms with E-state index in [0.717, 1.165) is 50.2 Å². The molecule has 0 radical (unpaired) electrons. The number of hydrogen-bond acceptors (Lipinski definition) is 1. The summed E-state index contributed by atoms with van der Waals surface area (Å²) in [5.74, 6) is 0.155. The van der Waals surface area contributed by atoms with E-state index in [1.807, 2.05) is 12.1 Å². The number of hydrogen-bond donors (Lipinski definition) is 1. The number of benzene rings is 1. The first-order valence-corrected chi connectivity index (χ1v) is 14.0. The summed E-state index contributed by atoms with van der Waals surface area (Å²) in [6.07, 6.45) is 9.36. The Kier molecular flexibility index (Phi) is 7.87. The van der Waals surface area contributed by atoms with Crippen molar-refractivity contribution < 1.29 is 9.90 Å². The molecule has 1 unspecified atom stereocenters. The van der Waals surface area contributed by atoms with Crippen LogP contribution in [-0.4, -0.2) is 17.1 Å². The summed E-state index contributed by atoms with van der Waals surface area (Å²) < 4.78 is 0. The van der Waals surface area contributed by atoms with E-state index in [-0.39, 0.29) is 5.54 Å². The Balaban J connectivity index is 1.96. The quantitative estimate of drug-likeness (QED) is 0.297. The molecule has 1 fully saturated rings. The first kappa shape index (κ1) is 20.8. The summed E-state index contributed by atoms with van der Waals surface area (Å²) in [6.45, 7) is 2.16. The fourth-order valence-corrected chi connectivity index (χ4v) is 7.95. The van der Waals surface area contributed by atoms with E-state index >= 15 is 0 Å². The first-order chi connectivity index (χ1) is 11.8. The molecule has 0 spiro atoms. The van der Waals surface area contributed by atoms with E-state index in [1.54, 1.807) is 6.08 Å². The van der Waals surface area contributed by atoms with Crippen LogP contribution in [0.5, 0.6) is 0 Å². The lowest BCUT2D eigenvalue weighted by Crippen LogP contribution is -2.29. The molecule has 1 N–H and O–H groups in total. The van der Waals surface area contributed by atoms with Crippen molar-refractivity contribution in [2.75, 3.05) is 0 Å². The first-order valence-electron chi connectivity index (χ1n) is 8.89. The third-order valence-corrected chi connectivity index (χ3v) is 9.31. The smallest absolute Gasteiger partial charge is 0.344 e. The summed E-state index contributed by atoms with van der Waals surface area (Å²) in [4.78, 5) is 10.6. The molecule has 1 saturated carbocycles. The Hall–Kier alpha value is -0.483. The van der Waals surface area contributed by atoms with Crippen LogP contribution in [-0.2, 0) is 4.79 Å². The summed E-state index contributed by atoms with van der Waals surface area (Å²) >= 11 is 19.1. The fraction of sp³-hybridized carbons (Fsp3) is 0.526. The summed E-state index contributed by atoms with van der Waals surface area (Å²) in [5, 5.41) is 8.69. The number of carbonyl (C=O) groups is 1. The molecule has 1 aliphatic carbocycles. The zero-order chi connectivity index (χ0) is 18.4. The highest BCUT2D eigenvalue weighted by Gasteiger charge is 2.42. The number of aliphatic carboxylic acids is 1. The molecule has 2 rings (SSSR count). The van der Waals surface area contributed by atoms with Gasteiger partial charge in [-0.1, -0.05) is 37.6 Å². The Bertz CT molecular complexity index is 588. The van der Waals surface area contributed by atoms with Crippen LogP contribution < -0.4 is 0 Å². The number of rotatable bonds is 7. The highest BCUT2D eigenvalue weighted by atomic mass is 35.8. The molecule has 0 amide bonds. The van der Waals surface area contributed by atoms with Crippen molar-refractivity contribution in [3.8, 4) is 0 Å². The highest BCUT2D eigenvalue weighted by molar-refractivity contribution is 7.65. The Morgan fingerprint density at radius 1 is 1.20 bits per heavy atom. The molecular formula is C19H25Cl3O2Si. The Labute approximate surface area is 165 Å². The molecule has 2 nitrogen and oxygen atoms in total. The summed E-state index contributed by atoms with van der Waals surface area (Å²) in [6, 6.07) is 5.52. The molecule has 0 bridgehead atoms. The molecule has 6 heteroatoms. The average molecular weight is 420 g/mol. The molecule has 138 valence electrons. The summed E-state index contributed by atoms with van der Waals surface area (Å²) in [7, 11) is 0. The predicted octanol–water partition coefficient (Wildman–Crippen LogP) is 6.88. The highest BCUT2D eigenvalue weighted by Crippen LogP contribution is 2.49. The van der Waals surface area contributed by atoms with Crippen LogP contribution in [0.25, 0.3) is 6.08 Å². The van der Waals surface area contributed by atoms with E-state index in [2.05, 4.69) is 19.1 Å². The summed E-state index contributed by atoms with van der Waals surface area (Å²) in [5.41, 5.74) is 2.50. The molecule has 25 heavy (non-hydrogen) atoms. The molecule has 1 aromatic carbocycles. The molecule has 1 aromatic rings. The maximum absolute atomic E-state index is 10.6. The van der Waals surface area contributed by atoms with Gasteiger partial charge in [0.15, 0.2) is 0 Å². The third-order valence-electron chi connectivity index (χ3n) is 5.19. The fourth-order valence-electron chi connectivity index (χ4n) is 3.88. The second kappa shape index (κ2) is 9.45. The Morgan fingerprint density at radius 3 is 2.28 bits per heavy atom. The largest absolute Gasteiger partial charge is 0.478 e. The van der Waals surface area contributed by atoms with Gasteiger partial charge in [-0.15, -0.1) is 33.2 Å². The van der Waals surface area contributed by atoms with Gasteiger partial charge in [0.05, 0.1) is 0 Å². The molecule has 0 heterocycles. The average Bonchev–Trinajstić information content (AvgIpc) is 2.57. The van der Waals surface area contributed by atoms with Crippen LogP contribution in [0, 0.1) is 5.92 Å². The lowest BCUT2D eigenvalue weighted by atomic mass is 9.76. The predicted molar refractivity (Wildman–Crippen MR) is 110 cm³/mol. The lowest BCUT2D eigenvalue weighted by Gasteiger charge is -2.36. The van der Waals surface area contributed by atoms with Crippen molar-refractivity contribution in [1.82, 2.24) is 0 Å². The van der Waals surface area contributed by atoms with Crippen molar-refractivity contribution in [1.29, 1.82) is 0 Å². The van der Waals surface area contributed by atoms with Crippen molar-refractivity contribution in [3.05, 3.63) is 41.5 Å². The van der Waals surface area contributed by atoms with Crippen LogP contribution in [0.1, 0.15) is 62.5 Å². The van der Waals surface area contributed by atoms with Gasteiger partial charge in [-0.3, -0.25) is 0 Å². The third kappa shape index (κ3) is 6.32. The zero-order valence-corrected chi connectivity index (χ0v) is 17.7. The molecule has 1 aliphatic rings. The van der Waals surface area contributed by atoms with Crippen LogP contribution in [0.15, 0.2) is 30.3 Å². The monoisotopic (exact) mass is 418 g/mol. The minimum atomic E-state index is -2.66.